The van der Waals surface area contributed by atoms with Gasteiger partial charge < -0.3 is 0 Å². The lowest BCUT2D eigenvalue weighted by Crippen LogP contribution is -2.08. The highest BCUT2D eigenvalue weighted by atomic mass is 79.9. The number of fused-ring (bicyclic) bond motifs is 1. The predicted molar refractivity (Wildman–Crippen MR) is 73.2 cm³/mol. The lowest BCUT2D eigenvalue weighted by atomic mass is 10.0. The van der Waals surface area contributed by atoms with Crippen molar-refractivity contribution in [3.8, 4) is 0 Å². The van der Waals surface area contributed by atoms with Crippen molar-refractivity contribution >= 4 is 27.1 Å². The van der Waals surface area contributed by atoms with Crippen LogP contribution in [-0.2, 0) is 6.42 Å². The van der Waals surface area contributed by atoms with Crippen molar-refractivity contribution in [3.05, 3.63) is 30.2 Å². The van der Waals surface area contributed by atoms with Crippen LogP contribution in [0.5, 0.6) is 0 Å². The molecule has 1 unspecified atom stereocenters. The van der Waals surface area contributed by atoms with E-state index in [9.17, 15) is 0 Å². The molecular weight excluding hydrogens is 278 g/mol. The summed E-state index contributed by atoms with van der Waals surface area (Å²) in [5.74, 6) is 0.694. The molecule has 4 heteroatoms. The van der Waals surface area contributed by atoms with Crippen LogP contribution in [0.25, 0.3) is 11.2 Å². The summed E-state index contributed by atoms with van der Waals surface area (Å²) in [6.45, 7) is 4.46. The molecule has 0 bridgehead atoms. The van der Waals surface area contributed by atoms with Crippen LogP contribution in [0.2, 0.25) is 0 Å². The molecule has 1 atom stereocenters. The van der Waals surface area contributed by atoms with Gasteiger partial charge in [-0.1, -0.05) is 29.8 Å². The van der Waals surface area contributed by atoms with Crippen molar-refractivity contribution in [2.24, 2.45) is 5.92 Å². The lowest BCUT2D eigenvalue weighted by Gasteiger charge is -2.11. The van der Waals surface area contributed by atoms with Crippen LogP contribution in [0.1, 0.15) is 26.0 Å². The Hall–Kier alpha value is -1.03. The molecule has 0 aromatic carbocycles. The minimum atomic E-state index is 0.476. The van der Waals surface area contributed by atoms with Crippen molar-refractivity contribution in [2.75, 3.05) is 0 Å². The van der Waals surface area contributed by atoms with E-state index in [0.29, 0.717) is 10.7 Å². The molecule has 3 nitrogen and oxygen atoms in total. The van der Waals surface area contributed by atoms with Gasteiger partial charge in [0.05, 0.1) is 0 Å². The molecular formula is C13H16BrN3. The van der Waals surface area contributed by atoms with Crippen LogP contribution >= 0.6 is 15.9 Å². The molecule has 0 spiro atoms. The first-order valence-electron chi connectivity index (χ1n) is 5.86. The van der Waals surface area contributed by atoms with Crippen LogP contribution in [0.3, 0.4) is 0 Å². The van der Waals surface area contributed by atoms with Gasteiger partial charge >= 0.3 is 0 Å². The third kappa shape index (κ3) is 3.46. The monoisotopic (exact) mass is 293 g/mol. The largest absolute Gasteiger partial charge is 0.251 e. The van der Waals surface area contributed by atoms with E-state index in [0.717, 1.165) is 29.7 Å². The SMILES string of the molecule is CC(C)CC(Br)Cc1ccc2nccnc2n1. The van der Waals surface area contributed by atoms with Gasteiger partial charge in [0.15, 0.2) is 5.65 Å². The maximum absolute atomic E-state index is 4.52. The predicted octanol–water partition coefficient (Wildman–Crippen LogP) is 3.38. The Morgan fingerprint density at radius 1 is 1.18 bits per heavy atom. The maximum Gasteiger partial charge on any atom is 0.178 e. The Labute approximate surface area is 110 Å². The zero-order chi connectivity index (χ0) is 12.3. The zero-order valence-electron chi connectivity index (χ0n) is 10.1. The minimum absolute atomic E-state index is 0.476. The lowest BCUT2D eigenvalue weighted by molar-refractivity contribution is 0.569. The van der Waals surface area contributed by atoms with E-state index in [1.807, 2.05) is 12.1 Å². The first-order valence-corrected chi connectivity index (χ1v) is 6.77. The molecule has 2 rings (SSSR count). The summed E-state index contributed by atoms with van der Waals surface area (Å²) in [4.78, 5) is 13.4. The maximum atomic E-state index is 4.52. The van der Waals surface area contributed by atoms with Crippen LogP contribution < -0.4 is 0 Å². The van der Waals surface area contributed by atoms with Crippen molar-refractivity contribution < 1.29 is 0 Å². The number of halogens is 1. The van der Waals surface area contributed by atoms with Crippen LogP contribution in [0.15, 0.2) is 24.5 Å². The van der Waals surface area contributed by atoms with Crippen LogP contribution in [0, 0.1) is 5.92 Å². The fourth-order valence-electron chi connectivity index (χ4n) is 1.83. The normalized spacial score (nSPS) is 13.2. The average molecular weight is 294 g/mol. The third-order valence-corrected chi connectivity index (χ3v) is 3.24. The van der Waals surface area contributed by atoms with Crippen LogP contribution in [0.4, 0.5) is 0 Å². The van der Waals surface area contributed by atoms with E-state index >= 15 is 0 Å². The van der Waals surface area contributed by atoms with Crippen LogP contribution in [-0.4, -0.2) is 19.8 Å². The van der Waals surface area contributed by atoms with Gasteiger partial charge in [-0.15, -0.1) is 0 Å². The standard InChI is InChI=1S/C13H16BrN3/c1-9(2)7-10(14)8-11-3-4-12-13(17-11)16-6-5-15-12/h3-6,9-10H,7-8H2,1-2H3. The molecule has 0 aliphatic carbocycles. The fourth-order valence-corrected chi connectivity index (χ4v) is 2.91. The van der Waals surface area contributed by atoms with Gasteiger partial charge in [0.1, 0.15) is 5.52 Å². The number of pyridine rings is 1. The molecule has 0 fully saturated rings. The summed E-state index contributed by atoms with van der Waals surface area (Å²) in [5.41, 5.74) is 2.65. The molecule has 17 heavy (non-hydrogen) atoms. The number of aromatic nitrogens is 3. The Morgan fingerprint density at radius 2 is 1.94 bits per heavy atom. The smallest absolute Gasteiger partial charge is 0.178 e. The fraction of sp³-hybridized carbons (Fsp3) is 0.462. The van der Waals surface area contributed by atoms with E-state index < -0.39 is 0 Å². The Morgan fingerprint density at radius 3 is 2.71 bits per heavy atom. The summed E-state index contributed by atoms with van der Waals surface area (Å²) >= 11 is 3.70. The first kappa shape index (κ1) is 12.4. The summed E-state index contributed by atoms with van der Waals surface area (Å²) in [6, 6.07) is 4.02. The zero-order valence-corrected chi connectivity index (χ0v) is 11.7. The molecule has 2 heterocycles. The number of hydrogen-bond acceptors (Lipinski definition) is 3. The average Bonchev–Trinajstić information content (AvgIpc) is 2.27. The second kappa shape index (κ2) is 5.54. The van der Waals surface area contributed by atoms with Crippen molar-refractivity contribution in [1.82, 2.24) is 15.0 Å². The van der Waals surface area contributed by atoms with Gasteiger partial charge in [-0.25, -0.2) is 9.97 Å². The Kier molecular flexibility index (Phi) is 4.05. The number of hydrogen-bond donors (Lipinski definition) is 0. The van der Waals surface area contributed by atoms with Gasteiger partial charge in [0.2, 0.25) is 0 Å². The topological polar surface area (TPSA) is 38.7 Å². The van der Waals surface area contributed by atoms with E-state index in [1.165, 1.54) is 0 Å². The molecule has 0 saturated heterocycles. The molecule has 0 amide bonds. The number of alkyl halides is 1. The highest BCUT2D eigenvalue weighted by molar-refractivity contribution is 9.09. The molecule has 0 saturated carbocycles. The Balaban J connectivity index is 2.14. The molecule has 0 aliphatic rings. The van der Waals surface area contributed by atoms with Crippen molar-refractivity contribution in [3.63, 3.8) is 0 Å². The molecule has 0 radical (unpaired) electrons. The van der Waals surface area contributed by atoms with Gasteiger partial charge in [-0.3, -0.25) is 4.98 Å². The van der Waals surface area contributed by atoms with Crippen molar-refractivity contribution in [2.45, 2.75) is 31.5 Å². The summed E-state index contributed by atoms with van der Waals surface area (Å²) < 4.78 is 0. The van der Waals surface area contributed by atoms with E-state index in [4.69, 9.17) is 0 Å². The summed E-state index contributed by atoms with van der Waals surface area (Å²) in [7, 11) is 0. The molecule has 2 aromatic heterocycles. The first-order chi connectivity index (χ1) is 8.15. The minimum Gasteiger partial charge on any atom is -0.251 e. The van der Waals surface area contributed by atoms with Crippen molar-refractivity contribution in [1.29, 1.82) is 0 Å². The summed E-state index contributed by atoms with van der Waals surface area (Å²) in [5, 5.41) is 0. The highest BCUT2D eigenvalue weighted by Gasteiger charge is 2.09. The van der Waals surface area contributed by atoms with Gasteiger partial charge in [0.25, 0.3) is 0 Å². The Bertz CT molecular complexity index is 499. The molecule has 2 aromatic rings. The van der Waals surface area contributed by atoms with Gasteiger partial charge in [0, 0.05) is 29.3 Å². The van der Waals surface area contributed by atoms with E-state index in [-0.39, 0.29) is 0 Å². The number of nitrogens with zero attached hydrogens (tertiary/aromatic N) is 3. The molecule has 90 valence electrons. The number of rotatable bonds is 4. The third-order valence-electron chi connectivity index (χ3n) is 2.55. The van der Waals surface area contributed by atoms with Gasteiger partial charge in [-0.05, 0) is 24.5 Å². The molecule has 0 aliphatic heterocycles. The second-order valence-corrected chi connectivity index (χ2v) is 5.93. The highest BCUT2D eigenvalue weighted by Crippen LogP contribution is 2.17. The quantitative estimate of drug-likeness (QED) is 0.811. The second-order valence-electron chi connectivity index (χ2n) is 4.63. The van der Waals surface area contributed by atoms with Gasteiger partial charge in [-0.2, -0.15) is 0 Å². The van der Waals surface area contributed by atoms with E-state index in [2.05, 4.69) is 44.7 Å². The van der Waals surface area contributed by atoms with E-state index in [1.54, 1.807) is 12.4 Å². The molecule has 0 N–H and O–H groups in total. The summed E-state index contributed by atoms with van der Waals surface area (Å²) in [6.07, 6.45) is 5.46.